The number of carbonyl (C=O) groups excluding carboxylic acids is 3. The predicted octanol–water partition coefficient (Wildman–Crippen LogP) is 0.933. The van der Waals surface area contributed by atoms with E-state index in [9.17, 15) is 24.3 Å². The number of nitrogens with zero attached hydrogens (tertiary/aromatic N) is 2. The minimum atomic E-state index is -2.24. The molecule has 9 nitrogen and oxygen atoms in total. The maximum atomic E-state index is 13.0. The van der Waals surface area contributed by atoms with Crippen molar-refractivity contribution in [2.45, 2.75) is 18.5 Å². The number of benzene rings is 2. The van der Waals surface area contributed by atoms with Gasteiger partial charge in [0.25, 0.3) is 0 Å². The SMILES string of the molecule is NC(Cc1c[nH]c2ccccc12)(C(=O)O)C(=O)CN1CC(=O)N(Cc2ccccc2)CC1=O. The van der Waals surface area contributed by atoms with E-state index in [1.165, 1.54) is 4.90 Å². The number of fused-ring (bicyclic) bond motifs is 1. The van der Waals surface area contributed by atoms with E-state index in [1.54, 1.807) is 12.3 Å². The average Bonchev–Trinajstić information content (AvgIpc) is 3.20. The molecule has 9 heteroatoms. The van der Waals surface area contributed by atoms with E-state index in [4.69, 9.17) is 5.73 Å². The van der Waals surface area contributed by atoms with Crippen LogP contribution in [0, 0.1) is 0 Å². The summed E-state index contributed by atoms with van der Waals surface area (Å²) in [5.41, 5.74) is 6.12. The number of hydrogen-bond acceptors (Lipinski definition) is 5. The Kier molecular flexibility index (Phi) is 5.97. The number of carboxylic acids is 1. The van der Waals surface area contributed by atoms with Crippen LogP contribution < -0.4 is 5.73 Å². The van der Waals surface area contributed by atoms with Crippen molar-refractivity contribution in [3.63, 3.8) is 0 Å². The van der Waals surface area contributed by atoms with Crippen molar-refractivity contribution in [1.82, 2.24) is 14.8 Å². The molecule has 0 bridgehead atoms. The molecule has 1 atom stereocenters. The van der Waals surface area contributed by atoms with Gasteiger partial charge in [0.05, 0.1) is 6.54 Å². The number of hydrogen-bond donors (Lipinski definition) is 3. The third kappa shape index (κ3) is 4.49. The number of carbonyl (C=O) groups is 4. The van der Waals surface area contributed by atoms with Crippen LogP contribution in [0.15, 0.2) is 60.8 Å². The van der Waals surface area contributed by atoms with Crippen molar-refractivity contribution in [1.29, 1.82) is 0 Å². The third-order valence-corrected chi connectivity index (χ3v) is 5.93. The number of para-hydroxylation sites is 1. The molecular weight excluding hydrogens is 424 g/mol. The Balaban J connectivity index is 1.47. The molecule has 33 heavy (non-hydrogen) atoms. The maximum absolute atomic E-state index is 13.0. The minimum absolute atomic E-state index is 0.186. The van der Waals surface area contributed by atoms with Crippen molar-refractivity contribution < 1.29 is 24.3 Å². The first-order valence-corrected chi connectivity index (χ1v) is 10.5. The molecule has 0 spiro atoms. The number of Topliss-reactive ketones (excluding diaryl/α,β-unsaturated/α-hetero) is 1. The Hall–Kier alpha value is -3.98. The quantitative estimate of drug-likeness (QED) is 0.439. The molecule has 2 amide bonds. The summed E-state index contributed by atoms with van der Waals surface area (Å²) in [6.45, 7) is -0.757. The number of H-pyrrole nitrogens is 1. The molecule has 1 aliphatic rings. The standard InChI is InChI=1S/C24H24N4O5/c25-24(23(32)33,10-17-11-26-19-9-5-4-8-18(17)19)20(29)13-28-15-21(30)27(14-22(28)31)12-16-6-2-1-3-7-16/h1-9,11,26H,10,12-15,25H2,(H,32,33). The van der Waals surface area contributed by atoms with Crippen LogP contribution >= 0.6 is 0 Å². The second kappa shape index (κ2) is 8.87. The van der Waals surface area contributed by atoms with Gasteiger partial charge in [-0.3, -0.25) is 14.4 Å². The summed E-state index contributed by atoms with van der Waals surface area (Å²) in [6, 6.07) is 16.5. The molecule has 1 unspecified atom stereocenters. The van der Waals surface area contributed by atoms with Crippen LogP contribution in [0.1, 0.15) is 11.1 Å². The first-order valence-electron chi connectivity index (χ1n) is 10.5. The fourth-order valence-corrected chi connectivity index (χ4v) is 3.98. The summed E-state index contributed by atoms with van der Waals surface area (Å²) in [4.78, 5) is 55.8. The van der Waals surface area contributed by atoms with Gasteiger partial charge >= 0.3 is 5.97 Å². The lowest BCUT2D eigenvalue weighted by atomic mass is 9.87. The summed E-state index contributed by atoms with van der Waals surface area (Å²) >= 11 is 0. The van der Waals surface area contributed by atoms with Crippen molar-refractivity contribution in [2.75, 3.05) is 19.6 Å². The van der Waals surface area contributed by atoms with Crippen LogP contribution in [-0.2, 0) is 32.1 Å². The molecule has 1 aliphatic heterocycles. The first kappa shape index (κ1) is 22.2. The Labute approximate surface area is 189 Å². The number of amides is 2. The highest BCUT2D eigenvalue weighted by molar-refractivity contribution is 6.10. The largest absolute Gasteiger partial charge is 0.480 e. The zero-order valence-electron chi connectivity index (χ0n) is 17.9. The third-order valence-electron chi connectivity index (χ3n) is 5.93. The highest BCUT2D eigenvalue weighted by Gasteiger charge is 2.44. The van der Waals surface area contributed by atoms with Crippen LogP contribution in [0.2, 0.25) is 0 Å². The van der Waals surface area contributed by atoms with Crippen LogP contribution in [0.5, 0.6) is 0 Å². The van der Waals surface area contributed by atoms with Gasteiger partial charge in [-0.05, 0) is 17.2 Å². The number of aromatic nitrogens is 1. The Morgan fingerprint density at radius 1 is 0.970 bits per heavy atom. The van der Waals surface area contributed by atoms with Gasteiger partial charge in [-0.25, -0.2) is 4.79 Å². The number of rotatable bonds is 8. The van der Waals surface area contributed by atoms with Gasteiger partial charge in [0.15, 0.2) is 11.3 Å². The number of piperazine rings is 1. The molecule has 1 fully saturated rings. The highest BCUT2D eigenvalue weighted by atomic mass is 16.4. The smallest absolute Gasteiger partial charge is 0.331 e. The second-order valence-corrected chi connectivity index (χ2v) is 8.22. The number of nitrogens with one attached hydrogen (secondary N) is 1. The van der Waals surface area contributed by atoms with Crippen LogP contribution in [-0.4, -0.2) is 68.6 Å². The number of aromatic amines is 1. The zero-order valence-corrected chi connectivity index (χ0v) is 17.9. The molecule has 4 rings (SSSR count). The van der Waals surface area contributed by atoms with Gasteiger partial charge in [-0.1, -0.05) is 48.5 Å². The molecule has 1 saturated heterocycles. The molecule has 2 aromatic carbocycles. The highest BCUT2D eigenvalue weighted by Crippen LogP contribution is 2.23. The van der Waals surface area contributed by atoms with Crippen LogP contribution in [0.25, 0.3) is 10.9 Å². The van der Waals surface area contributed by atoms with E-state index >= 15 is 0 Å². The maximum Gasteiger partial charge on any atom is 0.331 e. The monoisotopic (exact) mass is 448 g/mol. The summed E-state index contributed by atoms with van der Waals surface area (Å²) in [5.74, 6) is -3.07. The molecule has 3 aromatic rings. The predicted molar refractivity (Wildman–Crippen MR) is 120 cm³/mol. The van der Waals surface area contributed by atoms with Crippen molar-refractivity contribution in [3.8, 4) is 0 Å². The summed E-state index contributed by atoms with van der Waals surface area (Å²) in [7, 11) is 0. The lowest BCUT2D eigenvalue weighted by Gasteiger charge is -2.35. The lowest BCUT2D eigenvalue weighted by Crippen LogP contribution is -2.62. The molecule has 170 valence electrons. The van der Waals surface area contributed by atoms with Gasteiger partial charge in [0, 0.05) is 30.1 Å². The number of carboxylic acid groups (broad SMARTS) is 1. The first-order chi connectivity index (χ1) is 15.8. The average molecular weight is 448 g/mol. The molecule has 0 saturated carbocycles. The normalized spacial score (nSPS) is 16.2. The van der Waals surface area contributed by atoms with E-state index in [0.29, 0.717) is 5.56 Å². The molecule has 0 radical (unpaired) electrons. The summed E-state index contributed by atoms with van der Waals surface area (Å²) in [6.07, 6.45) is 1.38. The van der Waals surface area contributed by atoms with Gasteiger partial charge in [-0.2, -0.15) is 0 Å². The number of nitrogens with two attached hydrogens (primary N) is 1. The minimum Gasteiger partial charge on any atom is -0.480 e. The molecule has 0 aliphatic carbocycles. The molecular formula is C24H24N4O5. The topological polar surface area (TPSA) is 137 Å². The Bertz CT molecular complexity index is 1220. The van der Waals surface area contributed by atoms with Gasteiger partial charge in [0.2, 0.25) is 11.8 Å². The Morgan fingerprint density at radius 3 is 2.33 bits per heavy atom. The summed E-state index contributed by atoms with van der Waals surface area (Å²) < 4.78 is 0. The van der Waals surface area contributed by atoms with Gasteiger partial charge in [0.1, 0.15) is 13.1 Å². The lowest BCUT2D eigenvalue weighted by molar-refractivity contribution is -0.154. The fraction of sp³-hybridized carbons (Fsp3) is 0.250. The fourth-order valence-electron chi connectivity index (χ4n) is 3.98. The summed E-state index contributed by atoms with van der Waals surface area (Å²) in [5, 5.41) is 10.6. The van der Waals surface area contributed by atoms with Crippen molar-refractivity contribution in [3.05, 3.63) is 71.9 Å². The van der Waals surface area contributed by atoms with Gasteiger partial charge < -0.3 is 25.6 Å². The van der Waals surface area contributed by atoms with Crippen LogP contribution in [0.3, 0.4) is 0 Å². The molecule has 2 heterocycles. The second-order valence-electron chi connectivity index (χ2n) is 8.22. The zero-order chi connectivity index (χ0) is 23.6. The van der Waals surface area contributed by atoms with Crippen molar-refractivity contribution in [2.24, 2.45) is 5.73 Å². The van der Waals surface area contributed by atoms with E-state index in [0.717, 1.165) is 21.4 Å². The number of ketones is 1. The number of aliphatic carboxylic acids is 1. The Morgan fingerprint density at radius 2 is 1.61 bits per heavy atom. The van der Waals surface area contributed by atoms with E-state index in [1.807, 2.05) is 48.5 Å². The van der Waals surface area contributed by atoms with E-state index in [2.05, 4.69) is 4.98 Å². The molecule has 4 N–H and O–H groups in total. The van der Waals surface area contributed by atoms with E-state index < -0.39 is 29.7 Å². The van der Waals surface area contributed by atoms with Crippen molar-refractivity contribution >= 4 is 34.5 Å². The van der Waals surface area contributed by atoms with Gasteiger partial charge in [-0.15, -0.1) is 0 Å². The van der Waals surface area contributed by atoms with E-state index in [-0.39, 0.29) is 32.0 Å². The molecule has 1 aromatic heterocycles. The van der Waals surface area contributed by atoms with Crippen LogP contribution in [0.4, 0.5) is 0 Å².